The van der Waals surface area contributed by atoms with Crippen molar-refractivity contribution in [3.05, 3.63) is 42.0 Å². The van der Waals surface area contributed by atoms with E-state index < -0.39 is 0 Å². The lowest BCUT2D eigenvalue weighted by Gasteiger charge is -2.03. The number of carbonyl (C=O) groups excluding carboxylic acids is 1. The molecule has 0 atom stereocenters. The largest absolute Gasteiger partial charge is 0.494 e. The van der Waals surface area contributed by atoms with E-state index in [9.17, 15) is 4.79 Å². The van der Waals surface area contributed by atoms with Gasteiger partial charge in [0.1, 0.15) is 5.75 Å². The maximum atomic E-state index is 9.93. The Hall–Kier alpha value is -1.57. The fourth-order valence-electron chi connectivity index (χ4n) is 1.17. The van der Waals surface area contributed by atoms with E-state index in [0.717, 1.165) is 17.7 Å². The molecular weight excluding hydrogens is 176 g/mol. The van der Waals surface area contributed by atoms with Gasteiger partial charge in [0.15, 0.2) is 0 Å². The highest BCUT2D eigenvalue weighted by atomic mass is 16.5. The lowest BCUT2D eigenvalue weighted by molar-refractivity contribution is 0.340. The molecule has 1 aromatic carbocycles. The summed E-state index contributed by atoms with van der Waals surface area (Å²) in [6, 6.07) is 7.83. The molecule has 0 aliphatic carbocycles. The molecule has 1 radical (unpaired) electrons. The molecule has 1 aromatic rings. The third-order valence-corrected chi connectivity index (χ3v) is 1.75. The normalized spacial score (nSPS) is 10.4. The van der Waals surface area contributed by atoms with Gasteiger partial charge >= 0.3 is 0 Å². The lowest BCUT2D eigenvalue weighted by Crippen LogP contribution is -1.92. The van der Waals surface area contributed by atoms with E-state index in [-0.39, 0.29) is 0 Å². The van der Waals surface area contributed by atoms with Crippen LogP contribution in [-0.4, -0.2) is 12.9 Å². The van der Waals surface area contributed by atoms with Crippen LogP contribution >= 0.6 is 0 Å². The molecule has 0 amide bonds. The van der Waals surface area contributed by atoms with E-state index in [0.29, 0.717) is 6.61 Å². The van der Waals surface area contributed by atoms with E-state index in [1.807, 2.05) is 31.2 Å². The van der Waals surface area contributed by atoms with Crippen LogP contribution in [0, 0.1) is 0 Å². The van der Waals surface area contributed by atoms with Gasteiger partial charge in [0, 0.05) is 0 Å². The molecule has 0 saturated heterocycles. The number of hydrogen-bond acceptors (Lipinski definition) is 2. The van der Waals surface area contributed by atoms with Crippen LogP contribution in [0.5, 0.6) is 5.75 Å². The van der Waals surface area contributed by atoms with Crippen molar-refractivity contribution in [2.75, 3.05) is 6.61 Å². The Morgan fingerprint density at radius 2 is 2.36 bits per heavy atom. The van der Waals surface area contributed by atoms with Crippen LogP contribution in [0.3, 0.4) is 0 Å². The average molecular weight is 189 g/mol. The van der Waals surface area contributed by atoms with Gasteiger partial charge in [0.05, 0.1) is 6.61 Å². The minimum Gasteiger partial charge on any atom is -0.494 e. The Bertz CT molecular complexity index is 316. The minimum absolute atomic E-state index is 0.668. The summed E-state index contributed by atoms with van der Waals surface area (Å²) in [7, 11) is 0. The molecule has 2 heteroatoms. The van der Waals surface area contributed by atoms with Crippen LogP contribution in [0.4, 0.5) is 0 Å². The fourth-order valence-corrected chi connectivity index (χ4v) is 1.17. The van der Waals surface area contributed by atoms with Crippen LogP contribution in [0.25, 0.3) is 0 Å². The molecular formula is C12H13O2. The quantitative estimate of drug-likeness (QED) is 0.664. The van der Waals surface area contributed by atoms with Crippen LogP contribution in [0.1, 0.15) is 12.5 Å². The van der Waals surface area contributed by atoms with Gasteiger partial charge in [-0.1, -0.05) is 18.2 Å². The number of rotatable bonds is 5. The van der Waals surface area contributed by atoms with Gasteiger partial charge in [-0.3, -0.25) is 4.79 Å². The van der Waals surface area contributed by atoms with Gasteiger partial charge in [-0.15, -0.1) is 0 Å². The minimum atomic E-state index is 0.668. The summed E-state index contributed by atoms with van der Waals surface area (Å²) in [6.45, 7) is 2.62. The first-order valence-electron chi connectivity index (χ1n) is 4.61. The summed E-state index contributed by atoms with van der Waals surface area (Å²) in [5.41, 5.74) is 1.13. The van der Waals surface area contributed by atoms with E-state index >= 15 is 0 Å². The molecule has 2 nitrogen and oxygen atoms in total. The SMILES string of the molecule is CCOc1cccc(C/C=C/[C]=O)c1. The molecule has 0 spiro atoms. The van der Waals surface area contributed by atoms with Gasteiger partial charge in [-0.25, -0.2) is 0 Å². The zero-order valence-corrected chi connectivity index (χ0v) is 8.19. The van der Waals surface area contributed by atoms with Gasteiger partial charge in [0.25, 0.3) is 0 Å². The fraction of sp³-hybridized carbons (Fsp3) is 0.250. The molecule has 0 unspecified atom stereocenters. The molecule has 0 N–H and O–H groups in total. The Morgan fingerprint density at radius 3 is 3.07 bits per heavy atom. The number of benzene rings is 1. The monoisotopic (exact) mass is 189 g/mol. The van der Waals surface area contributed by atoms with Gasteiger partial charge < -0.3 is 4.74 Å². The third kappa shape index (κ3) is 3.44. The Morgan fingerprint density at radius 1 is 1.50 bits per heavy atom. The molecule has 0 bridgehead atoms. The maximum Gasteiger partial charge on any atom is 0.225 e. The van der Waals surface area contributed by atoms with Gasteiger partial charge in [-0.2, -0.15) is 0 Å². The zero-order valence-electron chi connectivity index (χ0n) is 8.19. The topological polar surface area (TPSA) is 26.3 Å². The van der Waals surface area contributed by atoms with Crippen molar-refractivity contribution < 1.29 is 9.53 Å². The molecule has 1 rings (SSSR count). The molecule has 0 saturated carbocycles. The van der Waals surface area contributed by atoms with E-state index in [4.69, 9.17) is 4.74 Å². The lowest BCUT2D eigenvalue weighted by atomic mass is 10.1. The highest BCUT2D eigenvalue weighted by Crippen LogP contribution is 2.13. The Kier molecular flexibility index (Phi) is 4.48. The average Bonchev–Trinajstić information content (AvgIpc) is 2.19. The molecule has 14 heavy (non-hydrogen) atoms. The molecule has 73 valence electrons. The number of hydrogen-bond donors (Lipinski definition) is 0. The van der Waals surface area contributed by atoms with Crippen LogP contribution in [0.15, 0.2) is 36.4 Å². The first kappa shape index (κ1) is 10.5. The zero-order chi connectivity index (χ0) is 10.2. The summed E-state index contributed by atoms with van der Waals surface area (Å²) in [4.78, 5) is 9.93. The highest BCUT2D eigenvalue weighted by Gasteiger charge is 1.93. The summed E-state index contributed by atoms with van der Waals surface area (Å²) >= 11 is 0. The summed E-state index contributed by atoms with van der Waals surface area (Å²) in [5, 5.41) is 0. The molecule has 0 aliphatic heterocycles. The predicted octanol–water partition coefficient (Wildman–Crippen LogP) is 2.29. The second kappa shape index (κ2) is 5.97. The van der Waals surface area contributed by atoms with Crippen molar-refractivity contribution in [2.45, 2.75) is 13.3 Å². The Labute approximate surface area is 84.2 Å². The second-order valence-electron chi connectivity index (χ2n) is 2.80. The first-order valence-corrected chi connectivity index (χ1v) is 4.61. The first-order chi connectivity index (χ1) is 6.86. The smallest absolute Gasteiger partial charge is 0.225 e. The number of ether oxygens (including phenoxy) is 1. The van der Waals surface area contributed by atoms with Gasteiger partial charge in [0.2, 0.25) is 6.29 Å². The van der Waals surface area contributed by atoms with Crippen LogP contribution < -0.4 is 4.74 Å². The third-order valence-electron chi connectivity index (χ3n) is 1.75. The molecule has 0 aromatic heterocycles. The van der Waals surface area contributed by atoms with Crippen molar-refractivity contribution in [3.63, 3.8) is 0 Å². The van der Waals surface area contributed by atoms with E-state index in [2.05, 4.69) is 0 Å². The summed E-state index contributed by atoms with van der Waals surface area (Å²) < 4.78 is 5.35. The number of allylic oxidation sites excluding steroid dienone is 2. The van der Waals surface area contributed by atoms with Crippen LogP contribution in [-0.2, 0) is 11.2 Å². The van der Waals surface area contributed by atoms with Crippen molar-refractivity contribution >= 4 is 6.29 Å². The maximum absolute atomic E-state index is 9.93. The standard InChI is InChI=1S/C12H13O2/c1-2-14-12-8-5-7-11(10-12)6-3-4-9-13/h3-5,7-8,10H,2,6H2,1H3/b4-3+. The predicted molar refractivity (Wildman–Crippen MR) is 56.1 cm³/mol. The van der Waals surface area contributed by atoms with E-state index in [1.165, 1.54) is 6.08 Å². The van der Waals surface area contributed by atoms with Crippen LogP contribution in [0.2, 0.25) is 0 Å². The summed E-state index contributed by atoms with van der Waals surface area (Å²) in [5.74, 6) is 0.869. The molecule has 0 aliphatic rings. The van der Waals surface area contributed by atoms with E-state index in [1.54, 1.807) is 12.4 Å². The Balaban J connectivity index is 2.63. The molecule has 0 heterocycles. The second-order valence-corrected chi connectivity index (χ2v) is 2.80. The van der Waals surface area contributed by atoms with Crippen molar-refractivity contribution in [2.24, 2.45) is 0 Å². The molecule has 0 fully saturated rings. The van der Waals surface area contributed by atoms with Crippen molar-refractivity contribution in [3.8, 4) is 5.75 Å². The van der Waals surface area contributed by atoms with Crippen molar-refractivity contribution in [1.82, 2.24) is 0 Å². The summed E-state index contributed by atoms with van der Waals surface area (Å²) in [6.07, 6.45) is 5.61. The van der Waals surface area contributed by atoms with Gasteiger partial charge in [-0.05, 0) is 37.1 Å². The van der Waals surface area contributed by atoms with Crippen molar-refractivity contribution in [1.29, 1.82) is 0 Å². The highest BCUT2D eigenvalue weighted by molar-refractivity contribution is 5.65.